The van der Waals surface area contributed by atoms with Gasteiger partial charge in [0.2, 0.25) is 6.10 Å². The summed E-state index contributed by atoms with van der Waals surface area (Å²) in [6.45, 7) is 12.4. The fourth-order valence-corrected chi connectivity index (χ4v) is 10.8. The molecular formula is C50H63NO17. The van der Waals surface area contributed by atoms with Crippen LogP contribution in [0.2, 0.25) is 0 Å². The first-order valence-corrected chi connectivity index (χ1v) is 22.6. The zero-order chi connectivity index (χ0) is 50.1. The highest BCUT2D eigenvalue weighted by atomic mass is 16.6. The summed E-state index contributed by atoms with van der Waals surface area (Å²) in [6, 6.07) is 14.6. The number of carbonyl (C=O) groups is 7. The number of carboxylic acids is 1. The molecule has 2 aromatic carbocycles. The van der Waals surface area contributed by atoms with Gasteiger partial charge in [-0.25, -0.2) is 14.4 Å². The Bertz CT molecular complexity index is 2290. The number of rotatable bonds is 15. The monoisotopic (exact) mass is 949 g/mol. The molecule has 3 aliphatic carbocycles. The highest BCUT2D eigenvalue weighted by molar-refractivity contribution is 5.94. The molecule has 3 fully saturated rings. The molecule has 18 heteroatoms. The zero-order valence-corrected chi connectivity index (χ0v) is 40.2. The van der Waals surface area contributed by atoms with Crippen molar-refractivity contribution >= 4 is 41.7 Å². The molecule has 2 saturated carbocycles. The minimum absolute atomic E-state index is 0.0781. The molecule has 11 atom stereocenters. The van der Waals surface area contributed by atoms with Gasteiger partial charge in [0, 0.05) is 52.2 Å². The standard InChI is InChI=1S/C50H63NO17/c1-27-31(64-44(58)39(65-35(55)23-17-22-34(53)54)37(29-18-13-11-14-19-29)51-45(59)68-46(3,4)5)25-50(60)42(66-43(57)30-20-15-12-16-21-30)40-48(8,41(56)38(62-10)36(27)47(50,6)7)32(61-9)24-33-49(40,26-63-33)67-28(2)52/h11-16,18-21,31-33,37-40,42,60H,17,22-26H2,1-10H3,(H,51,59)(H,53,54)/t31-,32-,33+,37-,38+,39+,40-,42-,48+,49-,50?/m0/s1. The Kier molecular flexibility index (Phi) is 15.0. The van der Waals surface area contributed by atoms with Crippen LogP contribution in [0.25, 0.3) is 0 Å². The number of hydrogen-bond donors (Lipinski definition) is 3. The molecule has 6 rings (SSSR count). The molecule has 1 saturated heterocycles. The predicted molar refractivity (Wildman–Crippen MR) is 239 cm³/mol. The number of fused-ring (bicyclic) bond motifs is 5. The normalized spacial score (nSPS) is 30.3. The van der Waals surface area contributed by atoms with E-state index in [2.05, 4.69) is 5.32 Å². The van der Waals surface area contributed by atoms with Crippen molar-refractivity contribution in [3.05, 3.63) is 82.9 Å². The number of aliphatic hydroxyl groups is 1. The van der Waals surface area contributed by atoms with E-state index in [0.29, 0.717) is 0 Å². The Morgan fingerprint density at radius 1 is 0.912 bits per heavy atom. The third-order valence-electron chi connectivity index (χ3n) is 14.0. The number of hydrogen-bond acceptors (Lipinski definition) is 16. The van der Waals surface area contributed by atoms with Crippen molar-refractivity contribution in [3.63, 3.8) is 0 Å². The number of methoxy groups -OCH3 is 2. The van der Waals surface area contributed by atoms with E-state index in [1.165, 1.54) is 33.3 Å². The maximum atomic E-state index is 15.7. The Morgan fingerprint density at radius 3 is 2.09 bits per heavy atom. The lowest BCUT2D eigenvalue weighted by Crippen LogP contribution is -2.82. The van der Waals surface area contributed by atoms with E-state index in [4.69, 9.17) is 37.9 Å². The molecule has 2 bridgehead atoms. The average molecular weight is 950 g/mol. The lowest BCUT2D eigenvalue weighted by molar-refractivity contribution is -0.347. The zero-order valence-electron chi connectivity index (χ0n) is 40.2. The summed E-state index contributed by atoms with van der Waals surface area (Å²) in [6.07, 6.45) is -10.8. The summed E-state index contributed by atoms with van der Waals surface area (Å²) in [5.74, 6) is -6.92. The van der Waals surface area contributed by atoms with Crippen LogP contribution in [0.15, 0.2) is 71.8 Å². The molecule has 1 unspecified atom stereocenters. The van der Waals surface area contributed by atoms with Crippen LogP contribution in [0, 0.1) is 16.7 Å². The number of ketones is 1. The van der Waals surface area contributed by atoms with E-state index in [1.54, 1.807) is 97.0 Å². The number of aliphatic carboxylic acids is 1. The van der Waals surface area contributed by atoms with Crippen molar-refractivity contribution in [1.82, 2.24) is 5.32 Å². The van der Waals surface area contributed by atoms with Crippen LogP contribution in [-0.4, -0.2) is 126 Å². The smallest absolute Gasteiger partial charge is 0.408 e. The van der Waals surface area contributed by atoms with Crippen LogP contribution < -0.4 is 5.32 Å². The maximum Gasteiger partial charge on any atom is 0.408 e. The Morgan fingerprint density at radius 2 is 1.54 bits per heavy atom. The second-order valence-electron chi connectivity index (χ2n) is 19.7. The van der Waals surface area contributed by atoms with Gasteiger partial charge in [0.25, 0.3) is 0 Å². The summed E-state index contributed by atoms with van der Waals surface area (Å²) < 4.78 is 48.7. The number of carbonyl (C=O) groups excluding carboxylic acids is 6. The molecule has 0 spiro atoms. The Labute approximate surface area is 395 Å². The molecule has 4 aliphatic rings. The average Bonchev–Trinajstić information content (AvgIpc) is 3.26. The van der Waals surface area contributed by atoms with Gasteiger partial charge in [-0.05, 0) is 69.9 Å². The minimum atomic E-state index is -2.32. The summed E-state index contributed by atoms with van der Waals surface area (Å²) in [5.41, 5.74) is -7.40. The maximum absolute atomic E-state index is 15.7. The first-order valence-electron chi connectivity index (χ1n) is 22.6. The molecular weight excluding hydrogens is 887 g/mol. The van der Waals surface area contributed by atoms with Crippen LogP contribution in [0.4, 0.5) is 4.79 Å². The van der Waals surface area contributed by atoms with Crippen LogP contribution >= 0.6 is 0 Å². The number of ether oxygens (including phenoxy) is 8. The summed E-state index contributed by atoms with van der Waals surface area (Å²) in [5, 5.41) is 25.8. The van der Waals surface area contributed by atoms with Gasteiger partial charge < -0.3 is 53.4 Å². The number of carboxylic acid groups (broad SMARTS) is 1. The molecule has 2 aromatic rings. The predicted octanol–water partition coefficient (Wildman–Crippen LogP) is 5.37. The number of esters is 4. The molecule has 370 valence electrons. The van der Waals surface area contributed by atoms with Crippen LogP contribution in [0.3, 0.4) is 0 Å². The van der Waals surface area contributed by atoms with Gasteiger partial charge >= 0.3 is 35.9 Å². The van der Waals surface area contributed by atoms with Gasteiger partial charge in [0.1, 0.15) is 41.7 Å². The highest BCUT2D eigenvalue weighted by Gasteiger charge is 2.78. The van der Waals surface area contributed by atoms with E-state index in [-0.39, 0.29) is 48.1 Å². The van der Waals surface area contributed by atoms with E-state index in [0.717, 1.165) is 0 Å². The molecule has 0 radical (unpaired) electrons. The van der Waals surface area contributed by atoms with Gasteiger partial charge in [-0.3, -0.25) is 19.2 Å². The molecule has 1 aliphatic heterocycles. The number of benzene rings is 2. The lowest BCUT2D eigenvalue weighted by atomic mass is 9.44. The second kappa shape index (κ2) is 19.7. The molecule has 3 N–H and O–H groups in total. The molecule has 0 aromatic heterocycles. The van der Waals surface area contributed by atoms with Crippen molar-refractivity contribution in [2.24, 2.45) is 16.7 Å². The largest absolute Gasteiger partial charge is 0.481 e. The molecule has 1 amide bonds. The second-order valence-corrected chi connectivity index (χ2v) is 19.7. The Balaban J connectivity index is 1.55. The summed E-state index contributed by atoms with van der Waals surface area (Å²) in [4.78, 5) is 96.7. The van der Waals surface area contributed by atoms with Crippen molar-refractivity contribution in [2.45, 2.75) is 147 Å². The number of alkyl carbamates (subject to hydrolysis) is 1. The fourth-order valence-electron chi connectivity index (χ4n) is 10.8. The van der Waals surface area contributed by atoms with Gasteiger partial charge in [0.15, 0.2) is 11.4 Å². The number of nitrogens with one attached hydrogen (secondary N) is 1. The first-order chi connectivity index (χ1) is 31.9. The van der Waals surface area contributed by atoms with E-state index in [9.17, 15) is 34.2 Å². The van der Waals surface area contributed by atoms with Gasteiger partial charge in [-0.2, -0.15) is 0 Å². The van der Waals surface area contributed by atoms with E-state index < -0.39 is 131 Å². The number of amides is 1. The van der Waals surface area contributed by atoms with Crippen LogP contribution in [-0.2, 0) is 61.9 Å². The van der Waals surface area contributed by atoms with Crippen molar-refractivity contribution in [2.75, 3.05) is 20.8 Å². The van der Waals surface area contributed by atoms with Gasteiger partial charge in [-0.15, -0.1) is 0 Å². The third-order valence-corrected chi connectivity index (χ3v) is 14.0. The topological polar surface area (TPSA) is 246 Å². The van der Waals surface area contributed by atoms with Gasteiger partial charge in [0.05, 0.1) is 29.6 Å². The molecule has 68 heavy (non-hydrogen) atoms. The fraction of sp³-hybridized carbons (Fsp3) is 0.580. The van der Waals surface area contributed by atoms with E-state index in [1.807, 2.05) is 0 Å². The van der Waals surface area contributed by atoms with E-state index >= 15 is 9.59 Å². The molecule has 18 nitrogen and oxygen atoms in total. The lowest BCUT2D eigenvalue weighted by Gasteiger charge is -2.67. The molecule has 1 heterocycles. The number of Topliss-reactive ketones (excluding diaryl/α,β-unsaturated/α-hetero) is 1. The highest BCUT2D eigenvalue weighted by Crippen LogP contribution is 2.65. The minimum Gasteiger partial charge on any atom is -0.481 e. The third kappa shape index (κ3) is 9.65. The van der Waals surface area contributed by atoms with Crippen molar-refractivity contribution < 1.29 is 81.7 Å². The van der Waals surface area contributed by atoms with Crippen molar-refractivity contribution in [1.29, 1.82) is 0 Å². The quantitative estimate of drug-likeness (QED) is 0.115. The summed E-state index contributed by atoms with van der Waals surface area (Å²) in [7, 11) is 2.73. The van der Waals surface area contributed by atoms with Gasteiger partial charge in [-0.1, -0.05) is 62.4 Å². The SMILES string of the molecule is CO[C@H]1C(=O)[C@]2(C)[C@@H](OC)C[C@H]3OC[C@@]3(OC(C)=O)[C@H]2[C@H](OC(=O)c2ccccc2)C2(O)C[C@H](OC(=O)[C@H](OC(=O)CCCC(=O)O)[C@@H](NC(=O)OC(C)(C)C)c3ccccc3)C(C)=C1C2(C)C. The summed E-state index contributed by atoms with van der Waals surface area (Å²) >= 11 is 0. The van der Waals surface area contributed by atoms with Crippen LogP contribution in [0.5, 0.6) is 0 Å². The van der Waals surface area contributed by atoms with Crippen LogP contribution in [0.1, 0.15) is 109 Å². The van der Waals surface area contributed by atoms with Crippen molar-refractivity contribution in [3.8, 4) is 0 Å². The Hall–Kier alpha value is -5.69. The first kappa shape index (κ1) is 51.7.